The number of rotatable bonds is 7. The summed E-state index contributed by atoms with van der Waals surface area (Å²) >= 11 is 0. The van der Waals surface area contributed by atoms with Crippen LogP contribution in [0.2, 0.25) is 0 Å². The number of piperidine rings is 1. The van der Waals surface area contributed by atoms with Crippen molar-refractivity contribution in [2.75, 3.05) is 59.2 Å². The summed E-state index contributed by atoms with van der Waals surface area (Å²) in [6.07, 6.45) is 4.69. The molecule has 9 nitrogen and oxygen atoms in total. The molecule has 0 bridgehead atoms. The van der Waals surface area contributed by atoms with Gasteiger partial charge in [0.05, 0.1) is 18.3 Å². The highest BCUT2D eigenvalue weighted by Gasteiger charge is 2.48. The number of methoxy groups -OCH3 is 1. The number of likely N-dealkylation sites (N-methyl/N-ethyl adjacent to an activating group) is 1. The molecule has 0 saturated carbocycles. The molecule has 0 spiro atoms. The molecular weight excluding hydrogens is 482 g/mol. The highest BCUT2D eigenvalue weighted by molar-refractivity contribution is 7.89. The van der Waals surface area contributed by atoms with Gasteiger partial charge in [0, 0.05) is 32.2 Å². The molecule has 0 radical (unpaired) electrons. The first-order valence-corrected chi connectivity index (χ1v) is 14.3. The molecule has 3 heterocycles. The Morgan fingerprint density at radius 3 is 2.39 bits per heavy atom. The van der Waals surface area contributed by atoms with Gasteiger partial charge < -0.3 is 19.3 Å². The minimum Gasteiger partial charge on any atom is -0.469 e. The summed E-state index contributed by atoms with van der Waals surface area (Å²) in [5, 5.41) is 0. The normalized spacial score (nSPS) is 23.2. The molecule has 2 fully saturated rings. The van der Waals surface area contributed by atoms with Crippen LogP contribution < -0.4 is 0 Å². The van der Waals surface area contributed by atoms with E-state index in [4.69, 9.17) is 9.47 Å². The summed E-state index contributed by atoms with van der Waals surface area (Å²) in [6.45, 7) is 2.49. The van der Waals surface area contributed by atoms with E-state index in [0.29, 0.717) is 19.6 Å². The lowest BCUT2D eigenvalue weighted by Gasteiger charge is -2.40. The predicted octanol–water partition coefficient (Wildman–Crippen LogP) is 2.59. The second-order valence-electron chi connectivity index (χ2n) is 10.1. The van der Waals surface area contributed by atoms with Crippen molar-refractivity contribution in [1.29, 1.82) is 0 Å². The molecule has 0 aliphatic carbocycles. The van der Waals surface area contributed by atoms with Crippen LogP contribution in [0.15, 0.2) is 36.4 Å². The number of carbonyl (C=O) groups is 2. The van der Waals surface area contributed by atoms with E-state index in [1.54, 1.807) is 4.90 Å². The monoisotopic (exact) mass is 519 g/mol. The van der Waals surface area contributed by atoms with Gasteiger partial charge in [-0.3, -0.25) is 4.79 Å². The second kappa shape index (κ2) is 11.3. The summed E-state index contributed by atoms with van der Waals surface area (Å²) in [6, 6.07) is 10.2. The third kappa shape index (κ3) is 5.92. The lowest BCUT2D eigenvalue weighted by molar-refractivity contribution is -0.154. The van der Waals surface area contributed by atoms with Gasteiger partial charge in [-0.2, -0.15) is 4.31 Å². The van der Waals surface area contributed by atoms with Crippen molar-refractivity contribution in [3.8, 4) is 0 Å². The summed E-state index contributed by atoms with van der Waals surface area (Å²) in [7, 11) is -0.411. The van der Waals surface area contributed by atoms with Crippen LogP contribution in [0.5, 0.6) is 0 Å². The predicted molar refractivity (Wildman–Crippen MR) is 137 cm³/mol. The molecule has 3 aliphatic rings. The van der Waals surface area contributed by atoms with Gasteiger partial charge in [-0.1, -0.05) is 36.4 Å². The van der Waals surface area contributed by atoms with Crippen molar-refractivity contribution in [1.82, 2.24) is 14.1 Å². The number of hydrogen-bond acceptors (Lipinski definition) is 7. The smallest absolute Gasteiger partial charge is 0.409 e. The van der Waals surface area contributed by atoms with Gasteiger partial charge in [-0.25, -0.2) is 13.2 Å². The number of esters is 1. The van der Waals surface area contributed by atoms with Crippen molar-refractivity contribution >= 4 is 27.7 Å². The number of hydrogen-bond donors (Lipinski definition) is 0. The zero-order chi connectivity index (χ0) is 25.8. The number of amides is 1. The van der Waals surface area contributed by atoms with Crippen LogP contribution in [0.4, 0.5) is 4.79 Å². The quantitative estimate of drug-likeness (QED) is 0.511. The zero-order valence-corrected chi connectivity index (χ0v) is 22.0. The standard InChI is InChI=1S/C26H37N3O6S/c1-27-14-6-9-23(27)19-35-25(31)28-17-12-26(13-18-28,24(30)34-2)20-36(32,33)29-15-10-22(11-16-29)21-7-4-3-5-8-21/h3-5,7-8,10,23H,6,9,11-20H2,1-2H3/t23-/m0/s1. The van der Waals surface area contributed by atoms with E-state index in [-0.39, 0.29) is 44.3 Å². The Hall–Kier alpha value is -2.43. The van der Waals surface area contributed by atoms with E-state index >= 15 is 0 Å². The summed E-state index contributed by atoms with van der Waals surface area (Å²) in [5.74, 6) is -0.860. The molecule has 10 heteroatoms. The first-order chi connectivity index (χ1) is 17.2. The molecule has 2 saturated heterocycles. The molecule has 198 valence electrons. The summed E-state index contributed by atoms with van der Waals surface area (Å²) < 4.78 is 38.8. The Morgan fingerprint density at radius 1 is 1.08 bits per heavy atom. The first-order valence-electron chi connectivity index (χ1n) is 12.7. The Bertz CT molecular complexity index is 1070. The van der Waals surface area contributed by atoms with Gasteiger partial charge in [0.15, 0.2) is 0 Å². The van der Waals surface area contributed by atoms with Crippen LogP contribution in [0.1, 0.15) is 37.7 Å². The van der Waals surface area contributed by atoms with E-state index in [9.17, 15) is 18.0 Å². The average molecular weight is 520 g/mol. The van der Waals surface area contributed by atoms with Gasteiger partial charge in [-0.05, 0) is 56.8 Å². The van der Waals surface area contributed by atoms with Crippen molar-refractivity contribution in [2.24, 2.45) is 5.41 Å². The fourth-order valence-electron chi connectivity index (χ4n) is 5.45. The molecule has 0 N–H and O–H groups in total. The largest absolute Gasteiger partial charge is 0.469 e. The van der Waals surface area contributed by atoms with Gasteiger partial charge in [-0.15, -0.1) is 0 Å². The van der Waals surface area contributed by atoms with E-state index < -0.39 is 27.5 Å². The molecule has 4 rings (SSSR count). The van der Waals surface area contributed by atoms with Crippen molar-refractivity contribution in [3.05, 3.63) is 42.0 Å². The fraction of sp³-hybridized carbons (Fsp3) is 0.615. The van der Waals surface area contributed by atoms with E-state index in [1.165, 1.54) is 11.4 Å². The molecule has 1 atom stereocenters. The number of sulfonamides is 1. The van der Waals surface area contributed by atoms with Gasteiger partial charge in [0.25, 0.3) is 0 Å². The van der Waals surface area contributed by atoms with Crippen molar-refractivity contribution in [2.45, 2.75) is 38.1 Å². The highest BCUT2D eigenvalue weighted by Crippen LogP contribution is 2.36. The third-order valence-electron chi connectivity index (χ3n) is 7.84. The first kappa shape index (κ1) is 26.6. The van der Waals surface area contributed by atoms with Crippen molar-refractivity contribution in [3.63, 3.8) is 0 Å². The molecule has 36 heavy (non-hydrogen) atoms. The number of ether oxygens (including phenoxy) is 2. The van der Waals surface area contributed by atoms with Crippen LogP contribution in [0.3, 0.4) is 0 Å². The van der Waals surface area contributed by atoms with Crippen molar-refractivity contribution < 1.29 is 27.5 Å². The van der Waals surface area contributed by atoms with Crippen LogP contribution in [-0.2, 0) is 24.3 Å². The Kier molecular flexibility index (Phi) is 8.37. The van der Waals surface area contributed by atoms with Crippen LogP contribution in [-0.4, -0.2) is 99.9 Å². The number of benzene rings is 1. The van der Waals surface area contributed by atoms with Gasteiger partial charge in [0.2, 0.25) is 10.0 Å². The van der Waals surface area contributed by atoms with Gasteiger partial charge >= 0.3 is 12.1 Å². The lowest BCUT2D eigenvalue weighted by atomic mass is 9.80. The fourth-order valence-corrected chi connectivity index (χ4v) is 7.41. The second-order valence-corrected chi connectivity index (χ2v) is 12.0. The minimum absolute atomic E-state index is 0.219. The molecule has 0 aromatic heterocycles. The summed E-state index contributed by atoms with van der Waals surface area (Å²) in [5.41, 5.74) is 1.04. The summed E-state index contributed by atoms with van der Waals surface area (Å²) in [4.78, 5) is 29.2. The van der Waals surface area contributed by atoms with E-state index in [0.717, 1.165) is 30.5 Å². The molecular formula is C26H37N3O6S. The molecule has 1 aromatic carbocycles. The Balaban J connectivity index is 1.37. The third-order valence-corrected chi connectivity index (χ3v) is 9.87. The topological polar surface area (TPSA) is 96.5 Å². The van der Waals surface area contributed by atoms with Crippen LogP contribution >= 0.6 is 0 Å². The van der Waals surface area contributed by atoms with Crippen LogP contribution in [0.25, 0.3) is 5.57 Å². The van der Waals surface area contributed by atoms with E-state index in [1.807, 2.05) is 43.5 Å². The average Bonchev–Trinajstić information content (AvgIpc) is 3.32. The number of likely N-dealkylation sites (tertiary alicyclic amines) is 2. The van der Waals surface area contributed by atoms with Crippen LogP contribution in [0, 0.1) is 5.41 Å². The maximum Gasteiger partial charge on any atom is 0.409 e. The minimum atomic E-state index is -3.72. The number of carbonyl (C=O) groups excluding carboxylic acids is 2. The SMILES string of the molecule is COC(=O)C1(CS(=O)(=O)N2CC=C(c3ccccc3)CC2)CCN(C(=O)OC[C@@H]2CCCN2C)CC1. The molecule has 1 aromatic rings. The molecule has 0 unspecified atom stereocenters. The maximum atomic E-state index is 13.4. The highest BCUT2D eigenvalue weighted by atomic mass is 32.2. The maximum absolute atomic E-state index is 13.4. The molecule has 3 aliphatic heterocycles. The zero-order valence-electron chi connectivity index (χ0n) is 21.2. The van der Waals surface area contributed by atoms with E-state index in [2.05, 4.69) is 4.90 Å². The Labute approximate surface area is 214 Å². The number of nitrogens with zero attached hydrogens (tertiary/aromatic N) is 3. The molecule has 1 amide bonds. The lowest BCUT2D eigenvalue weighted by Crippen LogP contribution is -2.52. The Morgan fingerprint density at radius 2 is 1.81 bits per heavy atom. The van der Waals surface area contributed by atoms with Gasteiger partial charge in [0.1, 0.15) is 6.61 Å².